The van der Waals surface area contributed by atoms with Crippen molar-refractivity contribution in [1.82, 2.24) is 19.6 Å². The lowest BCUT2D eigenvalue weighted by Gasteiger charge is -2.09. The summed E-state index contributed by atoms with van der Waals surface area (Å²) in [6.07, 6.45) is 3.65. The number of rotatable bonds is 4. The summed E-state index contributed by atoms with van der Waals surface area (Å²) in [6.45, 7) is 6.86. The SMILES string of the molecule is Cc1ccc(-c2nn3c(NCc4cccnc4)cc(C)nc3c2C)cc1. The van der Waals surface area contributed by atoms with Crippen LogP contribution in [0.4, 0.5) is 5.82 Å². The number of aryl methyl sites for hydroxylation is 3. The molecule has 4 aromatic rings. The predicted octanol–water partition coefficient (Wildman–Crippen LogP) is 4.33. The Morgan fingerprint density at radius 1 is 1.04 bits per heavy atom. The highest BCUT2D eigenvalue weighted by Crippen LogP contribution is 2.27. The molecule has 0 unspecified atom stereocenters. The average Bonchev–Trinajstić information content (AvgIpc) is 2.98. The van der Waals surface area contributed by atoms with Gasteiger partial charge in [-0.25, -0.2) is 4.98 Å². The fraction of sp³-hybridized carbons (Fsp3) is 0.190. The Bertz CT molecular complexity index is 1050. The minimum absolute atomic E-state index is 0.686. The number of nitrogens with one attached hydrogen (secondary N) is 1. The number of fused-ring (bicyclic) bond motifs is 1. The zero-order valence-electron chi connectivity index (χ0n) is 15.2. The number of nitrogens with zero attached hydrogens (tertiary/aromatic N) is 4. The van der Waals surface area contributed by atoms with Gasteiger partial charge in [-0.2, -0.15) is 9.61 Å². The van der Waals surface area contributed by atoms with Crippen molar-refractivity contribution in [1.29, 1.82) is 0 Å². The number of hydrogen-bond acceptors (Lipinski definition) is 4. The molecule has 0 aliphatic heterocycles. The van der Waals surface area contributed by atoms with Gasteiger partial charge >= 0.3 is 0 Å². The molecule has 1 N–H and O–H groups in total. The monoisotopic (exact) mass is 343 g/mol. The summed E-state index contributed by atoms with van der Waals surface area (Å²) < 4.78 is 1.90. The Morgan fingerprint density at radius 3 is 2.58 bits per heavy atom. The van der Waals surface area contributed by atoms with Gasteiger partial charge in [0.25, 0.3) is 0 Å². The largest absolute Gasteiger partial charge is 0.366 e. The smallest absolute Gasteiger partial charge is 0.161 e. The Balaban J connectivity index is 1.76. The molecule has 0 aliphatic rings. The number of pyridine rings is 1. The van der Waals surface area contributed by atoms with Gasteiger partial charge in [0, 0.05) is 41.8 Å². The minimum atomic E-state index is 0.686. The molecule has 5 nitrogen and oxygen atoms in total. The zero-order valence-corrected chi connectivity index (χ0v) is 15.2. The van der Waals surface area contributed by atoms with Crippen molar-refractivity contribution in [3.63, 3.8) is 0 Å². The van der Waals surface area contributed by atoms with Gasteiger partial charge in [-0.3, -0.25) is 4.98 Å². The highest BCUT2D eigenvalue weighted by molar-refractivity contribution is 5.71. The molecule has 0 amide bonds. The highest BCUT2D eigenvalue weighted by atomic mass is 15.3. The summed E-state index contributed by atoms with van der Waals surface area (Å²) >= 11 is 0. The molecule has 3 heterocycles. The average molecular weight is 343 g/mol. The quantitative estimate of drug-likeness (QED) is 0.599. The second kappa shape index (κ2) is 6.59. The Kier molecular flexibility index (Phi) is 4.13. The van der Waals surface area contributed by atoms with E-state index in [1.165, 1.54) is 5.56 Å². The summed E-state index contributed by atoms with van der Waals surface area (Å²) in [5.41, 5.74) is 7.36. The van der Waals surface area contributed by atoms with Crippen LogP contribution in [0.15, 0.2) is 54.9 Å². The maximum atomic E-state index is 4.84. The molecule has 0 fully saturated rings. The van der Waals surface area contributed by atoms with Crippen LogP contribution >= 0.6 is 0 Å². The summed E-state index contributed by atoms with van der Waals surface area (Å²) in [7, 11) is 0. The molecule has 3 aromatic heterocycles. The first kappa shape index (κ1) is 16.3. The topological polar surface area (TPSA) is 55.1 Å². The third-order valence-electron chi connectivity index (χ3n) is 4.47. The van der Waals surface area contributed by atoms with Gasteiger partial charge in [0.05, 0.1) is 5.69 Å². The molecule has 0 saturated heterocycles. The molecular weight excluding hydrogens is 322 g/mol. The standard InChI is InChI=1S/C21H21N5/c1-14-6-8-18(9-7-14)20-16(3)21-24-15(2)11-19(26(21)25-20)23-13-17-5-4-10-22-12-17/h4-12,23H,13H2,1-3H3. The summed E-state index contributed by atoms with van der Waals surface area (Å²) in [6, 6.07) is 14.5. The van der Waals surface area contributed by atoms with E-state index >= 15 is 0 Å². The van der Waals surface area contributed by atoms with E-state index in [2.05, 4.69) is 54.5 Å². The molecule has 0 spiro atoms. The van der Waals surface area contributed by atoms with E-state index in [9.17, 15) is 0 Å². The lowest BCUT2D eigenvalue weighted by molar-refractivity contribution is 0.918. The van der Waals surface area contributed by atoms with Crippen molar-refractivity contribution < 1.29 is 0 Å². The van der Waals surface area contributed by atoms with Crippen LogP contribution in [0, 0.1) is 20.8 Å². The van der Waals surface area contributed by atoms with Crippen molar-refractivity contribution >= 4 is 11.5 Å². The van der Waals surface area contributed by atoms with Gasteiger partial charge in [0.1, 0.15) is 5.82 Å². The normalized spacial score (nSPS) is 11.0. The van der Waals surface area contributed by atoms with Crippen LogP contribution in [0.3, 0.4) is 0 Å². The maximum absolute atomic E-state index is 4.84. The molecule has 0 aliphatic carbocycles. The third kappa shape index (κ3) is 3.04. The van der Waals surface area contributed by atoms with Crippen LogP contribution in [0.2, 0.25) is 0 Å². The molecule has 130 valence electrons. The Hall–Kier alpha value is -3.21. The fourth-order valence-electron chi connectivity index (χ4n) is 3.05. The van der Waals surface area contributed by atoms with Gasteiger partial charge in [-0.15, -0.1) is 0 Å². The van der Waals surface area contributed by atoms with Crippen molar-refractivity contribution in [2.45, 2.75) is 27.3 Å². The maximum Gasteiger partial charge on any atom is 0.161 e. The molecule has 5 heteroatoms. The number of anilines is 1. The molecule has 26 heavy (non-hydrogen) atoms. The first-order valence-electron chi connectivity index (χ1n) is 8.68. The van der Waals surface area contributed by atoms with Gasteiger partial charge in [0.15, 0.2) is 5.65 Å². The van der Waals surface area contributed by atoms with Crippen LogP contribution < -0.4 is 5.32 Å². The summed E-state index contributed by atoms with van der Waals surface area (Å²) in [4.78, 5) is 8.87. The minimum Gasteiger partial charge on any atom is -0.366 e. The summed E-state index contributed by atoms with van der Waals surface area (Å²) in [5.74, 6) is 0.929. The predicted molar refractivity (Wildman–Crippen MR) is 104 cm³/mol. The second-order valence-corrected chi connectivity index (χ2v) is 6.57. The van der Waals surface area contributed by atoms with E-state index in [1.54, 1.807) is 6.20 Å². The van der Waals surface area contributed by atoms with Crippen LogP contribution in [0.1, 0.15) is 22.4 Å². The molecular formula is C21H21N5. The first-order chi connectivity index (χ1) is 12.6. The third-order valence-corrected chi connectivity index (χ3v) is 4.47. The van der Waals surface area contributed by atoms with Crippen LogP contribution in [-0.4, -0.2) is 19.6 Å². The molecule has 4 rings (SSSR count). The number of hydrogen-bond donors (Lipinski definition) is 1. The van der Waals surface area contributed by atoms with E-state index in [1.807, 2.05) is 29.8 Å². The summed E-state index contributed by atoms with van der Waals surface area (Å²) in [5, 5.41) is 8.31. The van der Waals surface area contributed by atoms with Crippen molar-refractivity contribution in [3.05, 3.63) is 77.2 Å². The van der Waals surface area contributed by atoms with Gasteiger partial charge in [-0.1, -0.05) is 35.9 Å². The van der Waals surface area contributed by atoms with Crippen LogP contribution in [0.5, 0.6) is 0 Å². The molecule has 0 bridgehead atoms. The van der Waals surface area contributed by atoms with E-state index in [4.69, 9.17) is 10.1 Å². The van der Waals surface area contributed by atoms with Crippen molar-refractivity contribution in [2.75, 3.05) is 5.32 Å². The van der Waals surface area contributed by atoms with Crippen LogP contribution in [-0.2, 0) is 6.54 Å². The molecule has 1 aromatic carbocycles. The van der Waals surface area contributed by atoms with E-state index < -0.39 is 0 Å². The first-order valence-corrected chi connectivity index (χ1v) is 8.68. The van der Waals surface area contributed by atoms with Crippen molar-refractivity contribution in [3.8, 4) is 11.3 Å². The number of benzene rings is 1. The molecule has 0 saturated carbocycles. The zero-order chi connectivity index (χ0) is 18.1. The molecule has 0 radical (unpaired) electrons. The van der Waals surface area contributed by atoms with Crippen molar-refractivity contribution in [2.24, 2.45) is 0 Å². The lowest BCUT2D eigenvalue weighted by atomic mass is 10.1. The van der Waals surface area contributed by atoms with E-state index in [0.29, 0.717) is 6.54 Å². The van der Waals surface area contributed by atoms with E-state index in [0.717, 1.165) is 39.5 Å². The fourth-order valence-corrected chi connectivity index (χ4v) is 3.05. The lowest BCUT2D eigenvalue weighted by Crippen LogP contribution is -2.07. The van der Waals surface area contributed by atoms with Gasteiger partial charge in [0.2, 0.25) is 0 Å². The Morgan fingerprint density at radius 2 is 1.85 bits per heavy atom. The highest BCUT2D eigenvalue weighted by Gasteiger charge is 2.15. The second-order valence-electron chi connectivity index (χ2n) is 6.57. The number of aromatic nitrogens is 4. The van der Waals surface area contributed by atoms with Crippen LogP contribution in [0.25, 0.3) is 16.9 Å². The van der Waals surface area contributed by atoms with E-state index in [-0.39, 0.29) is 0 Å². The molecule has 0 atom stereocenters. The Labute approximate surface area is 152 Å². The van der Waals surface area contributed by atoms with Gasteiger partial charge < -0.3 is 5.32 Å². The van der Waals surface area contributed by atoms with Gasteiger partial charge in [-0.05, 0) is 32.4 Å².